The largest absolute Gasteiger partial charge is 0.478 e. The van der Waals surface area contributed by atoms with Crippen LogP contribution in [0.15, 0.2) is 58.5 Å². The molecule has 2 amide bonds. The topological polar surface area (TPSA) is 99.8 Å². The normalized spacial score (nSPS) is 15.2. The standard InChI is InChI=1S/C24H17ClN2O5S/c1-12-4-3-5-19(13(12)2)27-22(29)17(21(28)26-24(27)33)11-15-7-9-20(32-15)14-6-8-16(23(30)31)18(25)10-14/h3-11H,1-2H3,(H,30,31)(H,26,28,33)/b17-11+. The van der Waals surface area contributed by atoms with Gasteiger partial charge in [-0.25, -0.2) is 4.79 Å². The van der Waals surface area contributed by atoms with E-state index >= 15 is 0 Å². The second kappa shape index (κ2) is 8.65. The molecule has 0 radical (unpaired) electrons. The number of rotatable bonds is 4. The van der Waals surface area contributed by atoms with Gasteiger partial charge in [-0.15, -0.1) is 0 Å². The fourth-order valence-electron chi connectivity index (χ4n) is 3.42. The number of furan rings is 1. The van der Waals surface area contributed by atoms with Crippen molar-refractivity contribution >= 4 is 58.5 Å². The third-order valence-corrected chi connectivity index (χ3v) is 5.91. The first kappa shape index (κ1) is 22.4. The maximum absolute atomic E-state index is 13.2. The zero-order valence-electron chi connectivity index (χ0n) is 17.5. The highest BCUT2D eigenvalue weighted by atomic mass is 35.5. The van der Waals surface area contributed by atoms with Gasteiger partial charge in [0.1, 0.15) is 17.1 Å². The third-order valence-electron chi connectivity index (χ3n) is 5.32. The molecule has 4 rings (SSSR count). The fraction of sp³-hybridized carbons (Fsp3) is 0.0833. The molecule has 0 aliphatic carbocycles. The van der Waals surface area contributed by atoms with Crippen molar-refractivity contribution in [1.82, 2.24) is 5.32 Å². The van der Waals surface area contributed by atoms with Crippen LogP contribution in [0.3, 0.4) is 0 Å². The second-order valence-electron chi connectivity index (χ2n) is 7.38. The Labute approximate surface area is 199 Å². The summed E-state index contributed by atoms with van der Waals surface area (Å²) >= 11 is 11.3. The molecule has 2 heterocycles. The Hall–Kier alpha value is -3.75. The molecular weight excluding hydrogens is 464 g/mol. The highest BCUT2D eigenvalue weighted by Crippen LogP contribution is 2.30. The summed E-state index contributed by atoms with van der Waals surface area (Å²) in [6, 6.07) is 13.1. The number of benzene rings is 2. The summed E-state index contributed by atoms with van der Waals surface area (Å²) in [5.74, 6) is -1.67. The molecule has 0 bridgehead atoms. The molecular formula is C24H17ClN2O5S. The highest BCUT2D eigenvalue weighted by molar-refractivity contribution is 7.80. The molecule has 7 nitrogen and oxygen atoms in total. The molecule has 0 saturated carbocycles. The number of aromatic carboxylic acids is 1. The molecule has 1 fully saturated rings. The quantitative estimate of drug-likeness (QED) is 0.317. The number of hydrogen-bond donors (Lipinski definition) is 2. The smallest absolute Gasteiger partial charge is 0.337 e. The summed E-state index contributed by atoms with van der Waals surface area (Å²) in [5, 5.41) is 11.7. The number of carboxylic acids is 1. The van der Waals surface area contributed by atoms with Crippen molar-refractivity contribution in [1.29, 1.82) is 0 Å². The first-order valence-electron chi connectivity index (χ1n) is 9.78. The lowest BCUT2D eigenvalue weighted by molar-refractivity contribution is -0.122. The molecule has 2 aromatic carbocycles. The van der Waals surface area contributed by atoms with Crippen molar-refractivity contribution in [2.75, 3.05) is 4.90 Å². The number of carbonyl (C=O) groups excluding carboxylic acids is 2. The van der Waals surface area contributed by atoms with E-state index in [1.165, 1.54) is 23.1 Å². The number of carbonyl (C=O) groups is 3. The minimum atomic E-state index is -1.13. The lowest BCUT2D eigenvalue weighted by Crippen LogP contribution is -2.54. The van der Waals surface area contributed by atoms with Crippen LogP contribution in [0.2, 0.25) is 5.02 Å². The Balaban J connectivity index is 1.68. The SMILES string of the molecule is Cc1cccc(N2C(=O)/C(=C/c3ccc(-c4ccc(C(=O)O)c(Cl)c4)o3)C(=O)NC2=S)c1C. The Morgan fingerprint density at radius 1 is 1.15 bits per heavy atom. The lowest BCUT2D eigenvalue weighted by atomic mass is 10.0. The highest BCUT2D eigenvalue weighted by Gasteiger charge is 2.35. The molecule has 2 N–H and O–H groups in total. The van der Waals surface area contributed by atoms with E-state index in [2.05, 4.69) is 5.32 Å². The van der Waals surface area contributed by atoms with E-state index in [0.29, 0.717) is 17.0 Å². The van der Waals surface area contributed by atoms with Crippen LogP contribution in [0.4, 0.5) is 5.69 Å². The molecule has 1 aromatic heterocycles. The first-order chi connectivity index (χ1) is 15.7. The Morgan fingerprint density at radius 3 is 2.61 bits per heavy atom. The van der Waals surface area contributed by atoms with Crippen LogP contribution in [0.5, 0.6) is 0 Å². The van der Waals surface area contributed by atoms with Gasteiger partial charge in [-0.05, 0) is 73.6 Å². The van der Waals surface area contributed by atoms with E-state index in [1.54, 1.807) is 24.3 Å². The molecule has 1 saturated heterocycles. The number of aryl methyl sites for hydroxylation is 1. The number of halogens is 1. The average Bonchev–Trinajstić information content (AvgIpc) is 3.22. The zero-order valence-corrected chi connectivity index (χ0v) is 19.1. The van der Waals surface area contributed by atoms with Crippen molar-refractivity contribution in [2.45, 2.75) is 13.8 Å². The van der Waals surface area contributed by atoms with E-state index in [1.807, 2.05) is 26.0 Å². The molecule has 3 aromatic rings. The first-order valence-corrected chi connectivity index (χ1v) is 10.6. The van der Waals surface area contributed by atoms with Gasteiger partial charge in [-0.2, -0.15) is 0 Å². The van der Waals surface area contributed by atoms with Crippen molar-refractivity contribution < 1.29 is 23.9 Å². The predicted molar refractivity (Wildman–Crippen MR) is 128 cm³/mol. The Bertz CT molecular complexity index is 1370. The number of anilines is 1. The van der Waals surface area contributed by atoms with Crippen LogP contribution in [-0.4, -0.2) is 28.0 Å². The van der Waals surface area contributed by atoms with Gasteiger partial charge in [0.05, 0.1) is 16.3 Å². The van der Waals surface area contributed by atoms with Crippen LogP contribution in [-0.2, 0) is 9.59 Å². The number of amides is 2. The number of hydrogen-bond acceptors (Lipinski definition) is 5. The molecule has 33 heavy (non-hydrogen) atoms. The molecule has 1 aliphatic rings. The maximum Gasteiger partial charge on any atom is 0.337 e. The molecule has 166 valence electrons. The van der Waals surface area contributed by atoms with Gasteiger partial charge in [0.15, 0.2) is 5.11 Å². The monoisotopic (exact) mass is 480 g/mol. The van der Waals surface area contributed by atoms with Crippen LogP contribution in [0, 0.1) is 13.8 Å². The zero-order chi connectivity index (χ0) is 23.9. The summed E-state index contributed by atoms with van der Waals surface area (Å²) in [4.78, 5) is 38.2. The van der Waals surface area contributed by atoms with E-state index in [9.17, 15) is 14.4 Å². The van der Waals surface area contributed by atoms with Crippen LogP contribution >= 0.6 is 23.8 Å². The Morgan fingerprint density at radius 2 is 1.91 bits per heavy atom. The van der Waals surface area contributed by atoms with E-state index in [4.69, 9.17) is 33.3 Å². The van der Waals surface area contributed by atoms with E-state index in [-0.39, 0.29) is 27.0 Å². The van der Waals surface area contributed by atoms with Crippen molar-refractivity contribution in [2.24, 2.45) is 0 Å². The molecule has 0 spiro atoms. The number of nitrogens with one attached hydrogen (secondary N) is 1. The summed E-state index contributed by atoms with van der Waals surface area (Å²) in [5.41, 5.74) is 2.82. The van der Waals surface area contributed by atoms with Crippen LogP contribution in [0.25, 0.3) is 17.4 Å². The van der Waals surface area contributed by atoms with Crippen LogP contribution < -0.4 is 10.2 Å². The summed E-state index contributed by atoms with van der Waals surface area (Å²) in [6.07, 6.45) is 1.34. The summed E-state index contributed by atoms with van der Waals surface area (Å²) in [7, 11) is 0. The fourth-order valence-corrected chi connectivity index (χ4v) is 3.96. The summed E-state index contributed by atoms with van der Waals surface area (Å²) < 4.78 is 5.77. The number of nitrogens with zero attached hydrogens (tertiary/aromatic N) is 1. The molecule has 0 atom stereocenters. The van der Waals surface area contributed by atoms with E-state index in [0.717, 1.165) is 11.1 Å². The lowest BCUT2D eigenvalue weighted by Gasteiger charge is -2.30. The third kappa shape index (κ3) is 4.18. The Kier molecular flexibility index (Phi) is 5.88. The molecule has 0 unspecified atom stereocenters. The minimum absolute atomic E-state index is 0.00384. The van der Waals surface area contributed by atoms with Gasteiger partial charge in [0.2, 0.25) is 0 Å². The van der Waals surface area contributed by atoms with Gasteiger partial charge in [0, 0.05) is 5.56 Å². The predicted octanol–water partition coefficient (Wildman–Crippen LogP) is 4.75. The molecule has 9 heteroatoms. The minimum Gasteiger partial charge on any atom is -0.478 e. The van der Waals surface area contributed by atoms with Gasteiger partial charge in [0.25, 0.3) is 11.8 Å². The van der Waals surface area contributed by atoms with Gasteiger partial charge < -0.3 is 9.52 Å². The number of carboxylic acid groups (broad SMARTS) is 1. The maximum atomic E-state index is 13.2. The van der Waals surface area contributed by atoms with E-state index < -0.39 is 17.8 Å². The second-order valence-corrected chi connectivity index (χ2v) is 8.17. The summed E-state index contributed by atoms with van der Waals surface area (Å²) in [6.45, 7) is 3.80. The number of thiocarbonyl (C=S) groups is 1. The van der Waals surface area contributed by atoms with Crippen molar-refractivity contribution in [3.05, 3.63) is 81.6 Å². The van der Waals surface area contributed by atoms with Gasteiger partial charge >= 0.3 is 5.97 Å². The van der Waals surface area contributed by atoms with Crippen molar-refractivity contribution in [3.8, 4) is 11.3 Å². The average molecular weight is 481 g/mol. The molecule has 1 aliphatic heterocycles. The van der Waals surface area contributed by atoms with Gasteiger partial charge in [-0.3, -0.25) is 19.8 Å². The van der Waals surface area contributed by atoms with Gasteiger partial charge in [-0.1, -0.05) is 29.8 Å². The van der Waals surface area contributed by atoms with Crippen molar-refractivity contribution in [3.63, 3.8) is 0 Å². The van der Waals surface area contributed by atoms with Crippen LogP contribution in [0.1, 0.15) is 27.2 Å².